The van der Waals surface area contributed by atoms with Crippen molar-refractivity contribution in [2.24, 2.45) is 0 Å². The normalized spacial score (nSPS) is 17.9. The molecule has 1 unspecified atom stereocenters. The molecular weight excluding hydrogens is 315 g/mol. The van der Waals surface area contributed by atoms with E-state index in [4.69, 9.17) is 0 Å². The molecule has 6 heteroatoms. The third-order valence-corrected chi connectivity index (χ3v) is 5.21. The van der Waals surface area contributed by atoms with E-state index in [0.717, 1.165) is 5.56 Å². The van der Waals surface area contributed by atoms with E-state index in [-0.39, 0.29) is 29.0 Å². The van der Waals surface area contributed by atoms with Gasteiger partial charge in [0.1, 0.15) is 11.2 Å². The average molecular weight is 338 g/mol. The summed E-state index contributed by atoms with van der Waals surface area (Å²) in [4.78, 5) is 27.8. The van der Waals surface area contributed by atoms with Crippen LogP contribution in [0.4, 0.5) is 4.39 Å². The molecule has 0 spiro atoms. The summed E-state index contributed by atoms with van der Waals surface area (Å²) in [5.74, 6) is 0.301. The quantitative estimate of drug-likeness (QED) is 0.800. The van der Waals surface area contributed by atoms with Crippen LogP contribution in [0.1, 0.15) is 38.1 Å². The number of hydrogen-bond donors (Lipinski definition) is 0. The van der Waals surface area contributed by atoms with E-state index in [2.05, 4.69) is 0 Å². The Kier molecular flexibility index (Phi) is 6.04. The molecule has 1 aromatic carbocycles. The van der Waals surface area contributed by atoms with Crippen LogP contribution >= 0.6 is 11.8 Å². The standard InChI is InChI=1S/C17H23FN2O2S/c1-4-15(21)19(12(2)3)9-10-20-16(22)11-23-17(20)13-5-7-14(18)8-6-13/h5-8,12,17H,4,9-11H2,1-3H3. The molecule has 1 fully saturated rings. The van der Waals surface area contributed by atoms with Gasteiger partial charge >= 0.3 is 0 Å². The monoisotopic (exact) mass is 338 g/mol. The molecule has 1 aromatic rings. The number of halogens is 1. The second-order valence-corrected chi connectivity index (χ2v) is 6.91. The molecule has 1 heterocycles. The van der Waals surface area contributed by atoms with Crippen molar-refractivity contribution in [2.45, 2.75) is 38.6 Å². The molecule has 0 N–H and O–H groups in total. The van der Waals surface area contributed by atoms with Gasteiger partial charge in [-0.05, 0) is 31.5 Å². The molecule has 1 aliphatic rings. The number of benzene rings is 1. The maximum absolute atomic E-state index is 13.1. The highest BCUT2D eigenvalue weighted by Gasteiger charge is 2.33. The summed E-state index contributed by atoms with van der Waals surface area (Å²) in [6, 6.07) is 6.37. The third-order valence-electron chi connectivity index (χ3n) is 3.95. The number of nitrogens with zero attached hydrogens (tertiary/aromatic N) is 2. The van der Waals surface area contributed by atoms with Crippen molar-refractivity contribution in [3.63, 3.8) is 0 Å². The average Bonchev–Trinajstić information content (AvgIpc) is 2.89. The predicted octanol–water partition coefficient (Wildman–Crippen LogP) is 3.05. The molecule has 126 valence electrons. The van der Waals surface area contributed by atoms with Crippen molar-refractivity contribution in [1.82, 2.24) is 9.80 Å². The fraction of sp³-hybridized carbons (Fsp3) is 0.529. The lowest BCUT2D eigenvalue weighted by atomic mass is 10.2. The number of hydrogen-bond acceptors (Lipinski definition) is 3. The minimum atomic E-state index is -0.283. The van der Waals surface area contributed by atoms with E-state index < -0.39 is 0 Å². The lowest BCUT2D eigenvalue weighted by Gasteiger charge is -2.31. The summed E-state index contributed by atoms with van der Waals surface area (Å²) in [6.45, 7) is 6.82. The zero-order valence-corrected chi connectivity index (χ0v) is 14.6. The first-order chi connectivity index (χ1) is 10.9. The fourth-order valence-electron chi connectivity index (χ4n) is 2.69. The maximum atomic E-state index is 13.1. The largest absolute Gasteiger partial charge is 0.339 e. The van der Waals surface area contributed by atoms with Crippen molar-refractivity contribution < 1.29 is 14.0 Å². The van der Waals surface area contributed by atoms with Gasteiger partial charge in [-0.3, -0.25) is 9.59 Å². The Hall–Kier alpha value is -1.56. The van der Waals surface area contributed by atoms with Crippen LogP contribution in [0.5, 0.6) is 0 Å². The number of rotatable bonds is 6. The van der Waals surface area contributed by atoms with Gasteiger partial charge in [0.2, 0.25) is 11.8 Å². The van der Waals surface area contributed by atoms with Gasteiger partial charge in [0.25, 0.3) is 0 Å². The van der Waals surface area contributed by atoms with Crippen molar-refractivity contribution in [1.29, 1.82) is 0 Å². The SMILES string of the molecule is CCC(=O)N(CCN1C(=O)CSC1c1ccc(F)cc1)C(C)C. The van der Waals surface area contributed by atoms with E-state index in [9.17, 15) is 14.0 Å². The molecule has 0 aliphatic carbocycles. The van der Waals surface area contributed by atoms with Gasteiger partial charge < -0.3 is 9.80 Å². The Balaban J connectivity index is 2.08. The van der Waals surface area contributed by atoms with Crippen molar-refractivity contribution in [3.05, 3.63) is 35.6 Å². The zero-order chi connectivity index (χ0) is 17.0. The van der Waals surface area contributed by atoms with E-state index >= 15 is 0 Å². The Morgan fingerprint density at radius 2 is 2.04 bits per heavy atom. The summed E-state index contributed by atoms with van der Waals surface area (Å²) in [7, 11) is 0. The van der Waals surface area contributed by atoms with Gasteiger partial charge in [0.15, 0.2) is 0 Å². The summed E-state index contributed by atoms with van der Waals surface area (Å²) in [6.07, 6.45) is 0.461. The van der Waals surface area contributed by atoms with Crippen LogP contribution in [0.25, 0.3) is 0 Å². The van der Waals surface area contributed by atoms with Crippen molar-refractivity contribution in [3.8, 4) is 0 Å². The van der Waals surface area contributed by atoms with Gasteiger partial charge in [0, 0.05) is 25.6 Å². The number of carbonyl (C=O) groups excluding carboxylic acids is 2. The smallest absolute Gasteiger partial charge is 0.233 e. The Bertz CT molecular complexity index is 562. The molecule has 1 aliphatic heterocycles. The fourth-order valence-corrected chi connectivity index (χ4v) is 3.91. The molecule has 0 saturated carbocycles. The van der Waals surface area contributed by atoms with Gasteiger partial charge in [-0.25, -0.2) is 4.39 Å². The minimum Gasteiger partial charge on any atom is -0.339 e. The van der Waals surface area contributed by atoms with Crippen LogP contribution in [0.2, 0.25) is 0 Å². The van der Waals surface area contributed by atoms with Crippen LogP contribution in [0.3, 0.4) is 0 Å². The lowest BCUT2D eigenvalue weighted by Crippen LogP contribution is -2.43. The number of amides is 2. The number of thioether (sulfide) groups is 1. The molecule has 0 aromatic heterocycles. The summed E-state index contributed by atoms with van der Waals surface area (Å²) in [5, 5.41) is -0.103. The molecule has 0 bridgehead atoms. The second kappa shape index (κ2) is 7.81. The van der Waals surface area contributed by atoms with Gasteiger partial charge in [-0.2, -0.15) is 0 Å². The molecule has 2 amide bonds. The van der Waals surface area contributed by atoms with E-state index in [1.54, 1.807) is 33.7 Å². The highest BCUT2D eigenvalue weighted by Crippen LogP contribution is 2.38. The molecule has 4 nitrogen and oxygen atoms in total. The van der Waals surface area contributed by atoms with Crippen molar-refractivity contribution in [2.75, 3.05) is 18.8 Å². The molecular formula is C17H23FN2O2S. The van der Waals surface area contributed by atoms with Crippen molar-refractivity contribution >= 4 is 23.6 Å². The lowest BCUT2D eigenvalue weighted by molar-refractivity contribution is -0.135. The van der Waals surface area contributed by atoms with E-state index in [0.29, 0.717) is 25.3 Å². The first kappa shape index (κ1) is 17.8. The predicted molar refractivity (Wildman–Crippen MR) is 90.5 cm³/mol. The van der Waals surface area contributed by atoms with E-state index in [1.807, 2.05) is 20.8 Å². The maximum Gasteiger partial charge on any atom is 0.233 e. The van der Waals surface area contributed by atoms with E-state index in [1.165, 1.54) is 12.1 Å². The van der Waals surface area contributed by atoms with Crippen LogP contribution in [-0.2, 0) is 9.59 Å². The summed E-state index contributed by atoms with van der Waals surface area (Å²) in [5.41, 5.74) is 0.917. The molecule has 1 atom stereocenters. The summed E-state index contributed by atoms with van der Waals surface area (Å²) < 4.78 is 13.1. The first-order valence-corrected chi connectivity index (χ1v) is 8.95. The highest BCUT2D eigenvalue weighted by molar-refractivity contribution is 8.00. The Morgan fingerprint density at radius 1 is 1.39 bits per heavy atom. The van der Waals surface area contributed by atoms with Crippen LogP contribution in [0, 0.1) is 5.82 Å². The molecule has 23 heavy (non-hydrogen) atoms. The first-order valence-electron chi connectivity index (χ1n) is 7.90. The zero-order valence-electron chi connectivity index (χ0n) is 13.8. The van der Waals surface area contributed by atoms with Gasteiger partial charge in [-0.1, -0.05) is 19.1 Å². The third kappa shape index (κ3) is 4.25. The van der Waals surface area contributed by atoms with Crippen LogP contribution in [-0.4, -0.2) is 46.5 Å². The highest BCUT2D eigenvalue weighted by atomic mass is 32.2. The molecule has 0 radical (unpaired) electrons. The van der Waals surface area contributed by atoms with Gasteiger partial charge in [-0.15, -0.1) is 11.8 Å². The molecule has 1 saturated heterocycles. The Morgan fingerprint density at radius 3 is 2.61 bits per heavy atom. The number of carbonyl (C=O) groups is 2. The van der Waals surface area contributed by atoms with Crippen LogP contribution < -0.4 is 0 Å². The van der Waals surface area contributed by atoms with Gasteiger partial charge in [0.05, 0.1) is 5.75 Å². The molecule has 2 rings (SSSR count). The summed E-state index contributed by atoms with van der Waals surface area (Å²) >= 11 is 1.54. The Labute approximate surface area is 141 Å². The van der Waals surface area contributed by atoms with Crippen LogP contribution in [0.15, 0.2) is 24.3 Å². The topological polar surface area (TPSA) is 40.6 Å². The minimum absolute atomic E-state index is 0.0666. The second-order valence-electron chi connectivity index (χ2n) is 5.84.